The van der Waals surface area contributed by atoms with E-state index in [-0.39, 0.29) is 23.3 Å². The average molecular weight is 420 g/mol. The number of benzene rings is 1. The molecular weight excluding hydrogens is 391 g/mol. The van der Waals surface area contributed by atoms with Crippen LogP contribution in [-0.2, 0) is 13.6 Å². The molecule has 0 saturated heterocycles. The van der Waals surface area contributed by atoms with Gasteiger partial charge in [0.05, 0.1) is 0 Å². The van der Waals surface area contributed by atoms with Crippen LogP contribution in [0.4, 0.5) is 0 Å². The molecule has 0 aromatic heterocycles. The Kier molecular flexibility index (Phi) is 7.30. The minimum atomic E-state index is -4.21. The van der Waals surface area contributed by atoms with Gasteiger partial charge in [-0.3, -0.25) is 9.05 Å². The highest BCUT2D eigenvalue weighted by molar-refractivity contribution is 7.47. The number of hydrogen-bond acceptors (Lipinski definition) is 5. The fourth-order valence-electron chi connectivity index (χ4n) is 2.84. The second-order valence-electron chi connectivity index (χ2n) is 7.60. The molecular formula is C22H29O6P. The van der Waals surface area contributed by atoms with Gasteiger partial charge in [-0.2, -0.15) is 0 Å². The Balaban J connectivity index is 0.000000313. The highest BCUT2D eigenvalue weighted by atomic mass is 31.2. The van der Waals surface area contributed by atoms with Crippen molar-refractivity contribution in [3.8, 4) is 11.5 Å². The van der Waals surface area contributed by atoms with Crippen LogP contribution in [0, 0.1) is 11.8 Å². The van der Waals surface area contributed by atoms with E-state index in [1.165, 1.54) is 24.3 Å². The van der Waals surface area contributed by atoms with Crippen molar-refractivity contribution in [2.75, 3.05) is 0 Å². The molecule has 2 aliphatic carbocycles. The molecule has 1 aromatic rings. The van der Waals surface area contributed by atoms with Gasteiger partial charge in [-0.25, -0.2) is 4.57 Å². The first kappa shape index (κ1) is 23.2. The van der Waals surface area contributed by atoms with Gasteiger partial charge in [0.2, 0.25) is 0 Å². The van der Waals surface area contributed by atoms with Crippen molar-refractivity contribution in [1.82, 2.24) is 0 Å². The van der Waals surface area contributed by atoms with Crippen molar-refractivity contribution in [3.05, 3.63) is 72.9 Å². The molecule has 4 unspecified atom stereocenters. The standard InChI is InChI=1S/C16H23O4P.C6H6O2/c1-13-9-5-7-11-15(13,3)19-21(17,18)20-16(4)12-8-6-10-14(16)2;7-5-1-2-6(8)4-3-5/h5-14H,1-4H3,(H,17,18);1-4,7-8H. The largest absolute Gasteiger partial charge is 0.508 e. The predicted molar refractivity (Wildman–Crippen MR) is 113 cm³/mol. The molecule has 158 valence electrons. The zero-order valence-electron chi connectivity index (χ0n) is 17.1. The second kappa shape index (κ2) is 9.14. The van der Waals surface area contributed by atoms with E-state index in [1.54, 1.807) is 26.0 Å². The molecule has 6 nitrogen and oxygen atoms in total. The van der Waals surface area contributed by atoms with E-state index in [1.807, 2.05) is 50.3 Å². The van der Waals surface area contributed by atoms with Gasteiger partial charge in [-0.15, -0.1) is 0 Å². The number of phenolic OH excluding ortho intramolecular Hbond substituents is 2. The van der Waals surface area contributed by atoms with Crippen molar-refractivity contribution in [2.45, 2.75) is 38.9 Å². The molecule has 3 rings (SSSR count). The summed E-state index contributed by atoms with van der Waals surface area (Å²) in [5.41, 5.74) is -1.71. The van der Waals surface area contributed by atoms with E-state index in [0.717, 1.165) is 0 Å². The van der Waals surface area contributed by atoms with Crippen LogP contribution in [0.15, 0.2) is 72.9 Å². The van der Waals surface area contributed by atoms with E-state index in [0.29, 0.717) is 0 Å². The molecule has 3 N–H and O–H groups in total. The van der Waals surface area contributed by atoms with Crippen LogP contribution in [0.2, 0.25) is 0 Å². The highest BCUT2D eigenvalue weighted by Crippen LogP contribution is 2.54. The van der Waals surface area contributed by atoms with Gasteiger partial charge in [0.15, 0.2) is 0 Å². The Morgan fingerprint density at radius 1 is 0.793 bits per heavy atom. The lowest BCUT2D eigenvalue weighted by atomic mass is 9.87. The molecule has 0 amide bonds. The SMILES string of the molecule is CC1C=CC=CC1(C)OP(=O)(O)OC1(C)C=CC=CC1C.Oc1ccc(O)cc1. The number of phosphoric acid groups is 1. The van der Waals surface area contributed by atoms with Gasteiger partial charge in [-0.05, 0) is 38.1 Å². The lowest BCUT2D eigenvalue weighted by Gasteiger charge is -2.38. The van der Waals surface area contributed by atoms with E-state index in [4.69, 9.17) is 19.3 Å². The Morgan fingerprint density at radius 3 is 1.45 bits per heavy atom. The van der Waals surface area contributed by atoms with Crippen molar-refractivity contribution in [3.63, 3.8) is 0 Å². The minimum absolute atomic E-state index is 0.0152. The first-order valence-corrected chi connectivity index (χ1v) is 10.9. The normalized spacial score (nSPS) is 32.3. The first-order valence-electron chi connectivity index (χ1n) is 9.40. The molecule has 0 heterocycles. The molecule has 0 saturated carbocycles. The maximum Gasteiger partial charge on any atom is 0.473 e. The lowest BCUT2D eigenvalue weighted by Crippen LogP contribution is -2.37. The fourth-order valence-corrected chi connectivity index (χ4v) is 4.32. The lowest BCUT2D eigenvalue weighted by molar-refractivity contribution is -0.000239. The number of aromatic hydroxyl groups is 2. The average Bonchev–Trinajstić information content (AvgIpc) is 2.62. The summed E-state index contributed by atoms with van der Waals surface area (Å²) in [4.78, 5) is 10.2. The van der Waals surface area contributed by atoms with Gasteiger partial charge in [0.1, 0.15) is 22.7 Å². The van der Waals surface area contributed by atoms with Crippen LogP contribution in [0.25, 0.3) is 0 Å². The van der Waals surface area contributed by atoms with Crippen molar-refractivity contribution in [1.29, 1.82) is 0 Å². The highest BCUT2D eigenvalue weighted by Gasteiger charge is 2.43. The molecule has 0 spiro atoms. The van der Waals surface area contributed by atoms with Gasteiger partial charge in [0.25, 0.3) is 0 Å². The summed E-state index contributed by atoms with van der Waals surface area (Å²) in [6.07, 6.45) is 14.9. The smallest absolute Gasteiger partial charge is 0.473 e. The number of phosphoric ester groups is 1. The molecule has 0 radical (unpaired) electrons. The molecule has 0 fully saturated rings. The maximum atomic E-state index is 12.4. The van der Waals surface area contributed by atoms with Crippen LogP contribution in [0.1, 0.15) is 27.7 Å². The zero-order chi connectivity index (χ0) is 21.7. The van der Waals surface area contributed by atoms with Gasteiger partial charge < -0.3 is 15.1 Å². The van der Waals surface area contributed by atoms with Crippen molar-refractivity contribution in [2.24, 2.45) is 11.8 Å². The summed E-state index contributed by atoms with van der Waals surface area (Å²) < 4.78 is 23.4. The number of allylic oxidation sites excluding steroid dienone is 4. The summed E-state index contributed by atoms with van der Waals surface area (Å²) in [6.45, 7) is 7.44. The molecule has 0 bridgehead atoms. The number of rotatable bonds is 4. The predicted octanol–water partition coefficient (Wildman–Crippen LogP) is 5.26. The topological polar surface area (TPSA) is 96.2 Å². The molecule has 7 heteroatoms. The quantitative estimate of drug-likeness (QED) is 0.454. The summed E-state index contributed by atoms with van der Waals surface area (Å²) in [5, 5.41) is 17.3. The summed E-state index contributed by atoms with van der Waals surface area (Å²) in [6, 6.07) is 5.70. The van der Waals surface area contributed by atoms with Crippen LogP contribution in [0.5, 0.6) is 11.5 Å². The third-order valence-electron chi connectivity index (χ3n) is 5.16. The van der Waals surface area contributed by atoms with Crippen LogP contribution in [-0.4, -0.2) is 26.3 Å². The Labute approximate surface area is 172 Å². The van der Waals surface area contributed by atoms with Gasteiger partial charge in [-0.1, -0.05) is 62.5 Å². The van der Waals surface area contributed by atoms with Crippen LogP contribution in [0.3, 0.4) is 0 Å². The van der Waals surface area contributed by atoms with E-state index in [2.05, 4.69) is 0 Å². The monoisotopic (exact) mass is 420 g/mol. The molecule has 0 aliphatic heterocycles. The van der Waals surface area contributed by atoms with Crippen LogP contribution < -0.4 is 0 Å². The van der Waals surface area contributed by atoms with Crippen molar-refractivity contribution >= 4 is 7.82 Å². The summed E-state index contributed by atoms with van der Waals surface area (Å²) >= 11 is 0. The summed E-state index contributed by atoms with van der Waals surface area (Å²) in [7, 11) is -4.21. The van der Waals surface area contributed by atoms with Gasteiger partial charge >= 0.3 is 7.82 Å². The first-order chi connectivity index (χ1) is 13.5. The minimum Gasteiger partial charge on any atom is -0.508 e. The molecule has 4 atom stereocenters. The molecule has 29 heavy (non-hydrogen) atoms. The molecule has 1 aromatic carbocycles. The zero-order valence-corrected chi connectivity index (χ0v) is 18.0. The Morgan fingerprint density at radius 2 is 1.14 bits per heavy atom. The third kappa shape index (κ3) is 6.44. The Hall–Kier alpha value is -2.11. The van der Waals surface area contributed by atoms with E-state index >= 15 is 0 Å². The summed E-state index contributed by atoms with van der Waals surface area (Å²) in [5.74, 6) is 0.308. The fraction of sp³-hybridized carbons (Fsp3) is 0.364. The maximum absolute atomic E-state index is 12.4. The second-order valence-corrected chi connectivity index (χ2v) is 8.90. The van der Waals surface area contributed by atoms with Gasteiger partial charge in [0, 0.05) is 11.8 Å². The third-order valence-corrected chi connectivity index (χ3v) is 6.41. The van der Waals surface area contributed by atoms with Crippen LogP contribution >= 0.6 is 7.82 Å². The van der Waals surface area contributed by atoms with Crippen molar-refractivity contribution < 1.29 is 28.7 Å². The van der Waals surface area contributed by atoms with E-state index in [9.17, 15) is 9.46 Å². The van der Waals surface area contributed by atoms with E-state index < -0.39 is 19.0 Å². The number of hydrogen-bond donors (Lipinski definition) is 3. The molecule has 2 aliphatic rings. The Bertz CT molecular complexity index is 790. The number of phenols is 2.